The maximum atomic E-state index is 5.18. The number of hydrogen-bond acceptors (Lipinski definition) is 3. The molecule has 0 bridgehead atoms. The summed E-state index contributed by atoms with van der Waals surface area (Å²) in [6.45, 7) is 1.34. The Balaban J connectivity index is 2.29. The minimum atomic E-state index is 0.658. The van der Waals surface area contributed by atoms with Crippen LogP contribution in [-0.4, -0.2) is 24.5 Å². The molecule has 0 unspecified atom stereocenters. The molecule has 0 aromatic carbocycles. The van der Waals surface area contributed by atoms with Crippen molar-refractivity contribution >= 4 is 6.21 Å². The quantitative estimate of drug-likeness (QED) is 0.490. The summed E-state index contributed by atoms with van der Waals surface area (Å²) in [5.41, 5.74) is 1.13. The van der Waals surface area contributed by atoms with Crippen molar-refractivity contribution in [2.75, 3.05) is 13.3 Å². The SMILES string of the molecule is C1=CN2COCC2=CN=C1. The molecule has 2 aliphatic heterocycles. The van der Waals surface area contributed by atoms with Crippen LogP contribution >= 0.6 is 0 Å². The lowest BCUT2D eigenvalue weighted by Gasteiger charge is -2.08. The first-order valence-electron chi connectivity index (χ1n) is 3.20. The Hall–Kier alpha value is -1.09. The number of hydrogen-bond donors (Lipinski definition) is 0. The zero-order valence-corrected chi connectivity index (χ0v) is 5.53. The van der Waals surface area contributed by atoms with Crippen LogP contribution in [0.5, 0.6) is 0 Å². The molecule has 2 heterocycles. The summed E-state index contributed by atoms with van der Waals surface area (Å²) in [7, 11) is 0. The number of rotatable bonds is 0. The molecule has 0 spiro atoms. The van der Waals surface area contributed by atoms with Gasteiger partial charge in [-0.15, -0.1) is 0 Å². The average Bonchev–Trinajstić information content (AvgIpc) is 2.28. The third-order valence-corrected chi connectivity index (χ3v) is 1.51. The molecule has 1 fully saturated rings. The number of allylic oxidation sites excluding steroid dienone is 1. The minimum absolute atomic E-state index is 0.658. The molecule has 0 aromatic heterocycles. The normalized spacial score (nSPS) is 22.4. The van der Waals surface area contributed by atoms with Crippen molar-refractivity contribution in [2.45, 2.75) is 0 Å². The highest BCUT2D eigenvalue weighted by Gasteiger charge is 2.14. The molecule has 0 N–H and O–H groups in total. The summed E-state index contributed by atoms with van der Waals surface area (Å²) in [6.07, 6.45) is 7.46. The highest BCUT2D eigenvalue weighted by atomic mass is 16.5. The van der Waals surface area contributed by atoms with Crippen LogP contribution in [0.4, 0.5) is 0 Å². The topological polar surface area (TPSA) is 24.8 Å². The molecular weight excluding hydrogens is 128 g/mol. The van der Waals surface area contributed by atoms with Gasteiger partial charge in [0.2, 0.25) is 0 Å². The van der Waals surface area contributed by atoms with Crippen molar-refractivity contribution in [1.29, 1.82) is 0 Å². The van der Waals surface area contributed by atoms with Crippen molar-refractivity contribution in [3.05, 3.63) is 24.2 Å². The Morgan fingerprint density at radius 3 is 3.60 bits per heavy atom. The second-order valence-electron chi connectivity index (χ2n) is 2.21. The van der Waals surface area contributed by atoms with Gasteiger partial charge in [0.05, 0.1) is 12.3 Å². The first-order chi connectivity index (χ1) is 4.97. The molecule has 0 radical (unpaired) electrons. The molecule has 0 atom stereocenters. The Kier molecular flexibility index (Phi) is 1.29. The lowest BCUT2D eigenvalue weighted by Crippen LogP contribution is -2.08. The first kappa shape index (κ1) is 5.68. The van der Waals surface area contributed by atoms with E-state index in [4.69, 9.17) is 4.74 Å². The zero-order valence-electron chi connectivity index (χ0n) is 5.53. The molecule has 3 nitrogen and oxygen atoms in total. The predicted octanol–water partition coefficient (Wildman–Crippen LogP) is 0.716. The Labute approximate surface area is 59.3 Å². The highest BCUT2D eigenvalue weighted by molar-refractivity contribution is 5.72. The zero-order chi connectivity index (χ0) is 6.81. The molecule has 0 amide bonds. The predicted molar refractivity (Wildman–Crippen MR) is 38.4 cm³/mol. The standard InChI is InChI=1S/C7H8N2O/c1-2-8-4-7-5-10-6-9(7)3-1/h1-4H,5-6H2. The van der Waals surface area contributed by atoms with Crippen molar-refractivity contribution in [2.24, 2.45) is 4.99 Å². The van der Waals surface area contributed by atoms with E-state index in [0.29, 0.717) is 13.3 Å². The van der Waals surface area contributed by atoms with Gasteiger partial charge in [-0.2, -0.15) is 0 Å². The van der Waals surface area contributed by atoms with Gasteiger partial charge in [0.1, 0.15) is 6.73 Å². The monoisotopic (exact) mass is 136 g/mol. The molecule has 3 heteroatoms. The third-order valence-electron chi connectivity index (χ3n) is 1.51. The van der Waals surface area contributed by atoms with Gasteiger partial charge < -0.3 is 9.64 Å². The smallest absolute Gasteiger partial charge is 0.123 e. The van der Waals surface area contributed by atoms with Gasteiger partial charge in [0.25, 0.3) is 0 Å². The molecular formula is C7H8N2O. The van der Waals surface area contributed by atoms with E-state index in [1.165, 1.54) is 0 Å². The summed E-state index contributed by atoms with van der Waals surface area (Å²) in [5.74, 6) is 0. The van der Waals surface area contributed by atoms with Gasteiger partial charge in [0, 0.05) is 18.6 Å². The molecule has 2 rings (SSSR count). The Morgan fingerprint density at radius 1 is 1.60 bits per heavy atom. The molecule has 0 aliphatic carbocycles. The first-order valence-corrected chi connectivity index (χ1v) is 3.20. The summed E-state index contributed by atoms with van der Waals surface area (Å²) >= 11 is 0. The van der Waals surface area contributed by atoms with Gasteiger partial charge in [-0.05, 0) is 6.08 Å². The van der Waals surface area contributed by atoms with E-state index < -0.39 is 0 Å². The fourth-order valence-corrected chi connectivity index (χ4v) is 0.986. The van der Waals surface area contributed by atoms with E-state index in [2.05, 4.69) is 4.99 Å². The van der Waals surface area contributed by atoms with Crippen LogP contribution in [0.2, 0.25) is 0 Å². The number of fused-ring (bicyclic) bond motifs is 1. The van der Waals surface area contributed by atoms with Crippen LogP contribution in [0.3, 0.4) is 0 Å². The number of aliphatic imine (C=N–C) groups is 1. The molecule has 0 saturated carbocycles. The third kappa shape index (κ3) is 0.844. The maximum Gasteiger partial charge on any atom is 0.123 e. The lowest BCUT2D eigenvalue weighted by molar-refractivity contribution is 0.162. The number of nitrogens with zero attached hydrogens (tertiary/aromatic N) is 2. The fourth-order valence-electron chi connectivity index (χ4n) is 0.986. The Bertz CT molecular complexity index is 218. The van der Waals surface area contributed by atoms with Gasteiger partial charge in [-0.25, -0.2) is 0 Å². The summed E-state index contributed by atoms with van der Waals surface area (Å²) in [4.78, 5) is 6.05. The van der Waals surface area contributed by atoms with Crippen LogP contribution in [0.25, 0.3) is 0 Å². The van der Waals surface area contributed by atoms with E-state index in [1.54, 1.807) is 6.21 Å². The molecule has 2 aliphatic rings. The van der Waals surface area contributed by atoms with Gasteiger partial charge in [-0.1, -0.05) is 0 Å². The van der Waals surface area contributed by atoms with Crippen molar-refractivity contribution in [3.63, 3.8) is 0 Å². The van der Waals surface area contributed by atoms with Crippen molar-refractivity contribution in [1.82, 2.24) is 4.90 Å². The summed E-state index contributed by atoms with van der Waals surface area (Å²) in [5, 5.41) is 0. The van der Waals surface area contributed by atoms with Crippen molar-refractivity contribution in [3.8, 4) is 0 Å². The van der Waals surface area contributed by atoms with Crippen LogP contribution < -0.4 is 0 Å². The number of ether oxygens (including phenoxy) is 1. The fraction of sp³-hybridized carbons (Fsp3) is 0.286. The van der Waals surface area contributed by atoms with E-state index in [9.17, 15) is 0 Å². The van der Waals surface area contributed by atoms with Crippen LogP contribution in [0, 0.1) is 0 Å². The van der Waals surface area contributed by atoms with E-state index in [0.717, 1.165) is 5.70 Å². The largest absolute Gasteiger partial charge is 0.355 e. The van der Waals surface area contributed by atoms with Crippen LogP contribution in [0.1, 0.15) is 0 Å². The summed E-state index contributed by atoms with van der Waals surface area (Å²) < 4.78 is 5.18. The van der Waals surface area contributed by atoms with E-state index in [1.807, 2.05) is 23.4 Å². The molecule has 1 saturated heterocycles. The summed E-state index contributed by atoms with van der Waals surface area (Å²) in [6, 6.07) is 0. The second kappa shape index (κ2) is 2.27. The van der Waals surface area contributed by atoms with Gasteiger partial charge >= 0.3 is 0 Å². The lowest BCUT2D eigenvalue weighted by atomic mass is 10.5. The second-order valence-corrected chi connectivity index (χ2v) is 2.21. The van der Waals surface area contributed by atoms with Gasteiger partial charge in [-0.3, -0.25) is 4.99 Å². The van der Waals surface area contributed by atoms with E-state index >= 15 is 0 Å². The molecule has 52 valence electrons. The molecule has 0 aromatic rings. The van der Waals surface area contributed by atoms with E-state index in [-0.39, 0.29) is 0 Å². The maximum absolute atomic E-state index is 5.18. The van der Waals surface area contributed by atoms with Gasteiger partial charge in [0.15, 0.2) is 0 Å². The average molecular weight is 136 g/mol. The molecule has 10 heavy (non-hydrogen) atoms. The van der Waals surface area contributed by atoms with Crippen LogP contribution in [0.15, 0.2) is 29.2 Å². The highest BCUT2D eigenvalue weighted by Crippen LogP contribution is 2.14. The Morgan fingerprint density at radius 2 is 2.60 bits per heavy atom. The van der Waals surface area contributed by atoms with Crippen molar-refractivity contribution < 1.29 is 4.74 Å². The van der Waals surface area contributed by atoms with Crippen LogP contribution in [-0.2, 0) is 4.74 Å². The minimum Gasteiger partial charge on any atom is -0.355 e.